The summed E-state index contributed by atoms with van der Waals surface area (Å²) in [6, 6.07) is 16.3. The predicted octanol–water partition coefficient (Wildman–Crippen LogP) is 4.36. The van der Waals surface area contributed by atoms with Crippen molar-refractivity contribution in [2.24, 2.45) is 0 Å². The zero-order valence-electron chi connectivity index (χ0n) is 16.7. The number of rotatable bonds is 7. The maximum Gasteiger partial charge on any atom is 0.256 e. The van der Waals surface area contributed by atoms with Gasteiger partial charge in [-0.05, 0) is 42.7 Å². The lowest BCUT2D eigenvalue weighted by Gasteiger charge is -2.09. The van der Waals surface area contributed by atoms with Gasteiger partial charge < -0.3 is 10.4 Å². The molecule has 0 bridgehead atoms. The van der Waals surface area contributed by atoms with Gasteiger partial charge in [0, 0.05) is 40.3 Å². The predicted molar refractivity (Wildman–Crippen MR) is 123 cm³/mol. The molecule has 0 aliphatic rings. The number of carbonyl (C=O) groups excluding carboxylic acids is 1. The molecule has 2 heterocycles. The molecule has 0 radical (unpaired) electrons. The standard InChI is InChI=1S/C22H20ClN5O2S/c1-31-22-24-10-11-27(22)18-8-4-16(5-9-18)21(30)25-20-14-19(26-28(20)12-13-29)15-2-6-17(23)7-3-15/h2-11,14,29H,12-13H2,1H3,(H,25,30). The van der Waals surface area contributed by atoms with Gasteiger partial charge in [-0.1, -0.05) is 35.5 Å². The van der Waals surface area contributed by atoms with E-state index >= 15 is 0 Å². The first-order chi connectivity index (χ1) is 15.1. The van der Waals surface area contributed by atoms with Gasteiger partial charge in [0.15, 0.2) is 5.16 Å². The molecule has 0 fully saturated rings. The molecule has 1 amide bonds. The van der Waals surface area contributed by atoms with E-state index < -0.39 is 0 Å². The van der Waals surface area contributed by atoms with E-state index in [2.05, 4.69) is 15.4 Å². The summed E-state index contributed by atoms with van der Waals surface area (Å²) < 4.78 is 3.54. The van der Waals surface area contributed by atoms with Crippen LogP contribution in [0, 0.1) is 0 Å². The van der Waals surface area contributed by atoms with Gasteiger partial charge in [0.25, 0.3) is 5.91 Å². The Morgan fingerprint density at radius 2 is 1.90 bits per heavy atom. The second-order valence-corrected chi connectivity index (χ2v) is 7.86. The van der Waals surface area contributed by atoms with Crippen LogP contribution in [0.4, 0.5) is 5.82 Å². The van der Waals surface area contributed by atoms with Gasteiger partial charge in [0.1, 0.15) is 5.82 Å². The average Bonchev–Trinajstić information content (AvgIpc) is 3.42. The third-order valence-electron chi connectivity index (χ3n) is 4.67. The number of aromatic nitrogens is 4. The molecule has 0 atom stereocenters. The lowest BCUT2D eigenvalue weighted by molar-refractivity contribution is 0.102. The molecule has 158 valence electrons. The number of halogens is 1. The van der Waals surface area contributed by atoms with Gasteiger partial charge >= 0.3 is 0 Å². The van der Waals surface area contributed by atoms with E-state index in [1.54, 1.807) is 53.0 Å². The summed E-state index contributed by atoms with van der Waals surface area (Å²) in [7, 11) is 0. The molecule has 2 aromatic heterocycles. The van der Waals surface area contributed by atoms with Crippen molar-refractivity contribution < 1.29 is 9.90 Å². The Labute approximate surface area is 188 Å². The highest BCUT2D eigenvalue weighted by atomic mass is 35.5. The Bertz CT molecular complexity index is 1190. The highest BCUT2D eigenvalue weighted by Crippen LogP contribution is 2.24. The van der Waals surface area contributed by atoms with Crippen molar-refractivity contribution in [1.82, 2.24) is 19.3 Å². The van der Waals surface area contributed by atoms with E-state index in [1.165, 1.54) is 0 Å². The Morgan fingerprint density at radius 3 is 2.58 bits per heavy atom. The molecule has 4 rings (SSSR count). The maximum absolute atomic E-state index is 12.8. The first kappa shape index (κ1) is 21.2. The summed E-state index contributed by atoms with van der Waals surface area (Å²) in [5.41, 5.74) is 2.99. The first-order valence-electron chi connectivity index (χ1n) is 9.53. The van der Waals surface area contributed by atoms with Crippen molar-refractivity contribution in [2.45, 2.75) is 11.7 Å². The lowest BCUT2D eigenvalue weighted by atomic mass is 10.1. The van der Waals surface area contributed by atoms with Crippen LogP contribution in [0.2, 0.25) is 5.02 Å². The molecule has 2 N–H and O–H groups in total. The van der Waals surface area contributed by atoms with Gasteiger partial charge in [-0.3, -0.25) is 9.36 Å². The van der Waals surface area contributed by atoms with Gasteiger partial charge in [-0.2, -0.15) is 5.10 Å². The van der Waals surface area contributed by atoms with Crippen molar-refractivity contribution in [3.63, 3.8) is 0 Å². The Kier molecular flexibility index (Phi) is 6.41. The monoisotopic (exact) mass is 453 g/mol. The molecule has 2 aromatic carbocycles. The smallest absolute Gasteiger partial charge is 0.256 e. The SMILES string of the molecule is CSc1nccn1-c1ccc(C(=O)Nc2cc(-c3ccc(Cl)cc3)nn2CCO)cc1. The third-order valence-corrected chi connectivity index (χ3v) is 5.59. The zero-order valence-corrected chi connectivity index (χ0v) is 18.3. The number of thioether (sulfide) groups is 1. The molecule has 9 heteroatoms. The number of hydrogen-bond donors (Lipinski definition) is 2. The number of aliphatic hydroxyl groups is 1. The molecule has 0 spiro atoms. The van der Waals surface area contributed by atoms with Gasteiger partial charge in [0.2, 0.25) is 0 Å². The molecule has 4 aromatic rings. The van der Waals surface area contributed by atoms with Crippen LogP contribution in [-0.4, -0.2) is 43.2 Å². The normalized spacial score (nSPS) is 10.9. The topological polar surface area (TPSA) is 85.0 Å². The fourth-order valence-corrected chi connectivity index (χ4v) is 3.80. The molecule has 0 aliphatic carbocycles. The quantitative estimate of drug-likeness (QED) is 0.406. The van der Waals surface area contributed by atoms with Crippen molar-refractivity contribution in [2.75, 3.05) is 18.2 Å². The fourth-order valence-electron chi connectivity index (χ4n) is 3.14. The van der Waals surface area contributed by atoms with E-state index in [-0.39, 0.29) is 19.1 Å². The molecule has 0 unspecified atom stereocenters. The van der Waals surface area contributed by atoms with E-state index in [0.717, 1.165) is 16.4 Å². The number of anilines is 1. The summed E-state index contributed by atoms with van der Waals surface area (Å²) in [6.45, 7) is 0.169. The lowest BCUT2D eigenvalue weighted by Crippen LogP contribution is -2.16. The second-order valence-electron chi connectivity index (χ2n) is 6.65. The second kappa shape index (κ2) is 9.38. The van der Waals surface area contributed by atoms with Crippen molar-refractivity contribution in [3.8, 4) is 16.9 Å². The fraction of sp³-hybridized carbons (Fsp3) is 0.136. The zero-order chi connectivity index (χ0) is 21.8. The number of benzene rings is 2. The number of amides is 1. The minimum Gasteiger partial charge on any atom is -0.394 e. The molecular formula is C22H20ClN5O2S. The van der Waals surface area contributed by atoms with Crippen LogP contribution in [0.25, 0.3) is 16.9 Å². The van der Waals surface area contributed by atoms with E-state index in [0.29, 0.717) is 22.1 Å². The minimum absolute atomic E-state index is 0.0953. The summed E-state index contributed by atoms with van der Waals surface area (Å²) in [5.74, 6) is 0.247. The highest BCUT2D eigenvalue weighted by molar-refractivity contribution is 7.98. The third kappa shape index (κ3) is 4.66. The maximum atomic E-state index is 12.8. The first-order valence-corrected chi connectivity index (χ1v) is 11.1. The highest BCUT2D eigenvalue weighted by Gasteiger charge is 2.14. The van der Waals surface area contributed by atoms with Crippen LogP contribution in [0.15, 0.2) is 72.1 Å². The largest absolute Gasteiger partial charge is 0.394 e. The van der Waals surface area contributed by atoms with E-state index in [9.17, 15) is 9.90 Å². The molecule has 0 saturated heterocycles. The number of hydrogen-bond acceptors (Lipinski definition) is 5. The number of nitrogens with one attached hydrogen (secondary N) is 1. The van der Waals surface area contributed by atoms with Crippen molar-refractivity contribution >= 4 is 35.1 Å². The average molecular weight is 454 g/mol. The summed E-state index contributed by atoms with van der Waals surface area (Å²) in [4.78, 5) is 17.1. The molecule has 0 aliphatic heterocycles. The summed E-state index contributed by atoms with van der Waals surface area (Å²) in [5, 5.41) is 18.3. The Balaban J connectivity index is 1.55. The minimum atomic E-state index is -0.260. The molecule has 31 heavy (non-hydrogen) atoms. The summed E-state index contributed by atoms with van der Waals surface area (Å²) >= 11 is 7.51. The van der Waals surface area contributed by atoms with Crippen molar-refractivity contribution in [3.05, 3.63) is 77.6 Å². The molecule has 7 nitrogen and oxygen atoms in total. The van der Waals surface area contributed by atoms with Crippen molar-refractivity contribution in [1.29, 1.82) is 0 Å². The number of carbonyl (C=O) groups is 1. The van der Waals surface area contributed by atoms with Gasteiger partial charge in [-0.25, -0.2) is 9.67 Å². The van der Waals surface area contributed by atoms with Crippen LogP contribution in [0.5, 0.6) is 0 Å². The van der Waals surface area contributed by atoms with Gasteiger partial charge in [-0.15, -0.1) is 0 Å². The molecule has 0 saturated carbocycles. The summed E-state index contributed by atoms with van der Waals surface area (Å²) in [6.07, 6.45) is 5.59. The van der Waals surface area contributed by atoms with Crippen LogP contribution in [-0.2, 0) is 6.54 Å². The van der Waals surface area contributed by atoms with Gasteiger partial charge in [0.05, 0.1) is 18.8 Å². The van der Waals surface area contributed by atoms with E-state index in [1.807, 2.05) is 41.3 Å². The Morgan fingerprint density at radius 1 is 1.16 bits per heavy atom. The van der Waals surface area contributed by atoms with E-state index in [4.69, 9.17) is 11.6 Å². The van der Waals surface area contributed by atoms with Crippen LogP contribution >= 0.6 is 23.4 Å². The number of aliphatic hydroxyl groups excluding tert-OH is 1. The van der Waals surface area contributed by atoms with Crippen LogP contribution < -0.4 is 5.32 Å². The van der Waals surface area contributed by atoms with Crippen LogP contribution in [0.1, 0.15) is 10.4 Å². The molecular weight excluding hydrogens is 434 g/mol. The number of nitrogens with zero attached hydrogens (tertiary/aromatic N) is 4. The van der Waals surface area contributed by atoms with Crippen LogP contribution in [0.3, 0.4) is 0 Å². The Hall–Kier alpha value is -3.07. The number of imidazole rings is 1.